The van der Waals surface area contributed by atoms with Crippen LogP contribution in [0.1, 0.15) is 13.3 Å². The molecule has 1 rings (SSSR count). The molecule has 3 unspecified atom stereocenters. The van der Waals surface area contributed by atoms with Gasteiger partial charge in [-0.05, 0) is 25.9 Å². The van der Waals surface area contributed by atoms with Crippen molar-refractivity contribution in [1.82, 2.24) is 10.2 Å². The summed E-state index contributed by atoms with van der Waals surface area (Å²) in [6.07, 6.45) is 1.10. The van der Waals surface area contributed by atoms with Crippen LogP contribution in [0.15, 0.2) is 0 Å². The van der Waals surface area contributed by atoms with E-state index in [4.69, 9.17) is 11.5 Å². The summed E-state index contributed by atoms with van der Waals surface area (Å²) in [5.41, 5.74) is 10.7. The average Bonchev–Trinajstić information content (AvgIpc) is 2.15. The third kappa shape index (κ3) is 3.77. The van der Waals surface area contributed by atoms with Crippen molar-refractivity contribution in [3.05, 3.63) is 0 Å². The maximum absolute atomic E-state index is 10.8. The lowest BCUT2D eigenvalue weighted by Gasteiger charge is -2.35. The van der Waals surface area contributed by atoms with Gasteiger partial charge in [-0.2, -0.15) is 0 Å². The van der Waals surface area contributed by atoms with E-state index in [0.29, 0.717) is 18.5 Å². The first-order valence-electron chi connectivity index (χ1n) is 5.47. The minimum atomic E-state index is -0.572. The van der Waals surface area contributed by atoms with Gasteiger partial charge >= 0.3 is 0 Å². The zero-order valence-corrected chi connectivity index (χ0v) is 9.57. The Morgan fingerprint density at radius 1 is 1.67 bits per heavy atom. The Bertz CT molecular complexity index is 221. The van der Waals surface area contributed by atoms with E-state index in [2.05, 4.69) is 24.2 Å². The Kier molecular flexibility index (Phi) is 4.50. The molecule has 0 saturated carbocycles. The first kappa shape index (κ1) is 12.4. The van der Waals surface area contributed by atoms with Gasteiger partial charge < -0.3 is 21.7 Å². The number of amides is 1. The third-order valence-corrected chi connectivity index (χ3v) is 3.07. The summed E-state index contributed by atoms with van der Waals surface area (Å²) in [6.45, 7) is 4.87. The number of carbonyl (C=O) groups excluding carboxylic acids is 1. The number of carbonyl (C=O) groups is 1. The third-order valence-electron chi connectivity index (χ3n) is 3.07. The Balaban J connectivity index is 2.29. The van der Waals surface area contributed by atoms with Gasteiger partial charge in [0.1, 0.15) is 0 Å². The van der Waals surface area contributed by atoms with Crippen LogP contribution in [0.25, 0.3) is 0 Å². The lowest BCUT2D eigenvalue weighted by atomic mass is 9.94. The molecule has 1 saturated heterocycles. The van der Waals surface area contributed by atoms with E-state index in [9.17, 15) is 4.79 Å². The standard InChI is InChI=1S/C10H22N4O/c1-7-6-14(2)4-3-9(7)13-5-8(11)10(12)15/h7-9,13H,3-6,11H2,1-2H3,(H2,12,15). The molecule has 5 nitrogen and oxygen atoms in total. The summed E-state index contributed by atoms with van der Waals surface area (Å²) in [7, 11) is 2.13. The molecule has 0 aromatic heterocycles. The number of hydrogen-bond donors (Lipinski definition) is 3. The van der Waals surface area contributed by atoms with Crippen LogP contribution in [-0.2, 0) is 4.79 Å². The number of hydrogen-bond acceptors (Lipinski definition) is 4. The first-order chi connectivity index (χ1) is 7.00. The molecule has 5 N–H and O–H groups in total. The van der Waals surface area contributed by atoms with E-state index >= 15 is 0 Å². The van der Waals surface area contributed by atoms with Crippen molar-refractivity contribution in [2.45, 2.75) is 25.4 Å². The van der Waals surface area contributed by atoms with Gasteiger partial charge in [-0.1, -0.05) is 6.92 Å². The monoisotopic (exact) mass is 214 g/mol. The normalized spacial score (nSPS) is 30.1. The van der Waals surface area contributed by atoms with E-state index in [0.717, 1.165) is 19.5 Å². The maximum Gasteiger partial charge on any atom is 0.235 e. The van der Waals surface area contributed by atoms with Crippen molar-refractivity contribution in [1.29, 1.82) is 0 Å². The molecule has 0 aromatic carbocycles. The summed E-state index contributed by atoms with van der Waals surface area (Å²) < 4.78 is 0. The Morgan fingerprint density at radius 2 is 2.33 bits per heavy atom. The average molecular weight is 214 g/mol. The van der Waals surface area contributed by atoms with Crippen molar-refractivity contribution >= 4 is 5.91 Å². The van der Waals surface area contributed by atoms with Crippen LogP contribution in [0, 0.1) is 5.92 Å². The lowest BCUT2D eigenvalue weighted by molar-refractivity contribution is -0.119. The molecule has 1 fully saturated rings. The molecular weight excluding hydrogens is 192 g/mol. The van der Waals surface area contributed by atoms with Crippen LogP contribution in [0.2, 0.25) is 0 Å². The highest BCUT2D eigenvalue weighted by molar-refractivity contribution is 5.79. The number of piperidine rings is 1. The highest BCUT2D eigenvalue weighted by atomic mass is 16.1. The molecule has 0 bridgehead atoms. The van der Waals surface area contributed by atoms with Crippen LogP contribution in [0.5, 0.6) is 0 Å². The van der Waals surface area contributed by atoms with Crippen LogP contribution in [0.3, 0.4) is 0 Å². The molecule has 0 spiro atoms. The van der Waals surface area contributed by atoms with E-state index in [1.165, 1.54) is 0 Å². The number of likely N-dealkylation sites (tertiary alicyclic amines) is 1. The molecule has 1 aliphatic heterocycles. The number of primary amides is 1. The Labute approximate surface area is 91.2 Å². The molecule has 15 heavy (non-hydrogen) atoms. The van der Waals surface area contributed by atoms with Crippen LogP contribution in [0.4, 0.5) is 0 Å². The summed E-state index contributed by atoms with van der Waals surface area (Å²) in [6, 6.07) is -0.122. The van der Waals surface area contributed by atoms with Crippen molar-refractivity contribution in [3.8, 4) is 0 Å². The second-order valence-corrected chi connectivity index (χ2v) is 4.55. The fourth-order valence-corrected chi connectivity index (χ4v) is 2.04. The zero-order valence-electron chi connectivity index (χ0n) is 9.57. The maximum atomic E-state index is 10.8. The van der Waals surface area contributed by atoms with Gasteiger partial charge in [0.2, 0.25) is 5.91 Å². The quantitative estimate of drug-likeness (QED) is 0.545. The Morgan fingerprint density at radius 3 is 2.87 bits per heavy atom. The number of nitrogens with zero attached hydrogens (tertiary/aromatic N) is 1. The summed E-state index contributed by atoms with van der Waals surface area (Å²) in [5.74, 6) is 0.145. The van der Waals surface area contributed by atoms with Crippen LogP contribution >= 0.6 is 0 Å². The zero-order chi connectivity index (χ0) is 11.4. The minimum absolute atomic E-state index is 0.442. The summed E-state index contributed by atoms with van der Waals surface area (Å²) >= 11 is 0. The molecule has 0 radical (unpaired) electrons. The van der Waals surface area contributed by atoms with E-state index < -0.39 is 11.9 Å². The van der Waals surface area contributed by atoms with E-state index in [1.54, 1.807) is 0 Å². The molecule has 0 aromatic rings. The van der Waals surface area contributed by atoms with Gasteiger partial charge in [0, 0.05) is 19.1 Å². The minimum Gasteiger partial charge on any atom is -0.368 e. The largest absolute Gasteiger partial charge is 0.368 e. The summed E-state index contributed by atoms with van der Waals surface area (Å²) in [4.78, 5) is 13.1. The number of nitrogens with two attached hydrogens (primary N) is 2. The highest BCUT2D eigenvalue weighted by Gasteiger charge is 2.24. The van der Waals surface area contributed by atoms with Crippen molar-refractivity contribution in [3.63, 3.8) is 0 Å². The van der Waals surface area contributed by atoms with E-state index in [-0.39, 0.29) is 0 Å². The van der Waals surface area contributed by atoms with Gasteiger partial charge in [0.05, 0.1) is 6.04 Å². The molecule has 1 aliphatic rings. The van der Waals surface area contributed by atoms with Gasteiger partial charge in [0.25, 0.3) is 0 Å². The molecule has 0 aliphatic carbocycles. The predicted molar refractivity (Wildman–Crippen MR) is 60.2 cm³/mol. The van der Waals surface area contributed by atoms with Gasteiger partial charge in [-0.25, -0.2) is 0 Å². The molecule has 3 atom stereocenters. The molecule has 1 amide bonds. The number of nitrogens with one attached hydrogen (secondary N) is 1. The fourth-order valence-electron chi connectivity index (χ4n) is 2.04. The van der Waals surface area contributed by atoms with Gasteiger partial charge in [-0.15, -0.1) is 0 Å². The van der Waals surface area contributed by atoms with Crippen LogP contribution < -0.4 is 16.8 Å². The van der Waals surface area contributed by atoms with Crippen molar-refractivity contribution in [2.75, 3.05) is 26.7 Å². The topological polar surface area (TPSA) is 84.4 Å². The van der Waals surface area contributed by atoms with Crippen molar-refractivity contribution < 1.29 is 4.79 Å². The summed E-state index contributed by atoms with van der Waals surface area (Å²) in [5, 5.41) is 3.32. The Hall–Kier alpha value is -0.650. The second kappa shape index (κ2) is 5.44. The van der Waals surface area contributed by atoms with Gasteiger partial charge in [-0.3, -0.25) is 4.79 Å². The molecule has 5 heteroatoms. The van der Waals surface area contributed by atoms with Crippen molar-refractivity contribution in [2.24, 2.45) is 17.4 Å². The highest BCUT2D eigenvalue weighted by Crippen LogP contribution is 2.14. The SMILES string of the molecule is CC1CN(C)CCC1NCC(N)C(N)=O. The molecular formula is C10H22N4O. The second-order valence-electron chi connectivity index (χ2n) is 4.55. The number of rotatable bonds is 4. The fraction of sp³-hybridized carbons (Fsp3) is 0.900. The molecule has 1 heterocycles. The van der Waals surface area contributed by atoms with Gasteiger partial charge in [0.15, 0.2) is 0 Å². The first-order valence-corrected chi connectivity index (χ1v) is 5.47. The van der Waals surface area contributed by atoms with E-state index in [1.807, 2.05) is 0 Å². The predicted octanol–water partition coefficient (Wildman–Crippen LogP) is -1.27. The smallest absolute Gasteiger partial charge is 0.235 e. The molecule has 88 valence electrons. The lowest BCUT2D eigenvalue weighted by Crippen LogP contribution is -2.52. The van der Waals surface area contributed by atoms with Crippen LogP contribution in [-0.4, -0.2) is 49.6 Å².